The molecule has 8 heteroatoms. The molecule has 1 aromatic heterocycles. The Bertz CT molecular complexity index is 709. The van der Waals surface area contributed by atoms with Crippen molar-refractivity contribution >= 4 is 17.4 Å². The number of anilines is 2. The number of ether oxygens (including phenoxy) is 1. The van der Waals surface area contributed by atoms with E-state index < -0.39 is 5.82 Å². The third kappa shape index (κ3) is 4.55. The molecule has 1 amide bonds. The molecule has 1 aromatic carbocycles. The summed E-state index contributed by atoms with van der Waals surface area (Å²) < 4.78 is 18.4. The molecule has 0 aliphatic carbocycles. The van der Waals surface area contributed by atoms with Crippen molar-refractivity contribution in [1.29, 1.82) is 0 Å². The fraction of sp³-hybridized carbons (Fsp3) is 0.312. The molecule has 0 bridgehead atoms. The van der Waals surface area contributed by atoms with Crippen molar-refractivity contribution in [2.75, 3.05) is 44.5 Å². The van der Waals surface area contributed by atoms with Crippen LogP contribution in [0.3, 0.4) is 0 Å². The van der Waals surface area contributed by atoms with Gasteiger partial charge in [-0.3, -0.25) is 4.79 Å². The summed E-state index contributed by atoms with van der Waals surface area (Å²) in [5.41, 5.74) is 1.16. The Kier molecular flexibility index (Phi) is 5.89. The summed E-state index contributed by atoms with van der Waals surface area (Å²) in [5.74, 6) is -0.205. The number of hydrogen-bond donors (Lipinski definition) is 2. The van der Waals surface area contributed by atoms with Crippen molar-refractivity contribution in [3.05, 3.63) is 41.8 Å². The Morgan fingerprint density at radius 2 is 2.08 bits per heavy atom. The van der Waals surface area contributed by atoms with Crippen LogP contribution in [0.4, 0.5) is 15.9 Å². The zero-order chi connectivity index (χ0) is 17.5. The average molecular weight is 333 g/mol. The highest BCUT2D eigenvalue weighted by atomic mass is 19.1. The van der Waals surface area contributed by atoms with E-state index in [0.717, 1.165) is 11.8 Å². The molecule has 2 aromatic rings. The van der Waals surface area contributed by atoms with Gasteiger partial charge in [-0.05, 0) is 18.2 Å². The number of amides is 1. The van der Waals surface area contributed by atoms with Gasteiger partial charge in [0.15, 0.2) is 17.4 Å². The Morgan fingerprint density at radius 3 is 2.75 bits per heavy atom. The Morgan fingerprint density at radius 1 is 1.29 bits per heavy atom. The predicted octanol–water partition coefficient (Wildman–Crippen LogP) is 1.53. The molecule has 2 rings (SSSR count). The molecule has 0 spiro atoms. The minimum atomic E-state index is -0.570. The molecule has 24 heavy (non-hydrogen) atoms. The normalized spacial score (nSPS) is 10.2. The number of carbonyl (C=O) groups is 1. The van der Waals surface area contributed by atoms with Gasteiger partial charge in [0.1, 0.15) is 0 Å². The Balaban J connectivity index is 1.82. The number of methoxy groups -OCH3 is 1. The first-order chi connectivity index (χ1) is 11.5. The quantitative estimate of drug-likeness (QED) is 0.748. The molecule has 7 nitrogen and oxygen atoms in total. The summed E-state index contributed by atoms with van der Waals surface area (Å²) in [6, 6.07) is 5.93. The summed E-state index contributed by atoms with van der Waals surface area (Å²) in [6.07, 6.45) is 1.66. The second-order valence-electron chi connectivity index (χ2n) is 5.23. The lowest BCUT2D eigenvalue weighted by atomic mass is 10.2. The number of nitrogens with one attached hydrogen (secondary N) is 2. The standard InChI is InChI=1S/C16H20FN5O2/c1-22(2)12-9-15(21-20-10-12)18-6-7-19-16(23)11-4-5-14(24-3)13(17)8-11/h4-5,8-10H,6-7H2,1-3H3,(H,18,21)(H,19,23). The van der Waals surface area contributed by atoms with Crippen molar-refractivity contribution in [3.8, 4) is 5.75 Å². The first-order valence-electron chi connectivity index (χ1n) is 7.37. The monoisotopic (exact) mass is 333 g/mol. The molecular weight excluding hydrogens is 313 g/mol. The van der Waals surface area contributed by atoms with Crippen molar-refractivity contribution in [2.45, 2.75) is 0 Å². The lowest BCUT2D eigenvalue weighted by molar-refractivity contribution is 0.0954. The second-order valence-corrected chi connectivity index (χ2v) is 5.23. The number of nitrogens with zero attached hydrogens (tertiary/aromatic N) is 3. The molecular formula is C16H20FN5O2. The van der Waals surface area contributed by atoms with E-state index in [4.69, 9.17) is 4.74 Å². The molecule has 0 aliphatic rings. The highest BCUT2D eigenvalue weighted by Gasteiger charge is 2.09. The van der Waals surface area contributed by atoms with Crippen molar-refractivity contribution in [2.24, 2.45) is 0 Å². The van der Waals surface area contributed by atoms with Gasteiger partial charge >= 0.3 is 0 Å². The van der Waals surface area contributed by atoms with E-state index >= 15 is 0 Å². The molecule has 0 atom stereocenters. The van der Waals surface area contributed by atoms with E-state index in [1.54, 1.807) is 6.20 Å². The first-order valence-corrected chi connectivity index (χ1v) is 7.37. The fourth-order valence-corrected chi connectivity index (χ4v) is 1.96. The highest BCUT2D eigenvalue weighted by molar-refractivity contribution is 5.94. The van der Waals surface area contributed by atoms with Crippen LogP contribution >= 0.6 is 0 Å². The third-order valence-electron chi connectivity index (χ3n) is 3.29. The molecule has 128 valence electrons. The maximum atomic E-state index is 13.6. The maximum absolute atomic E-state index is 13.6. The van der Waals surface area contributed by atoms with Gasteiger partial charge in [-0.25, -0.2) is 4.39 Å². The second kappa shape index (κ2) is 8.09. The summed E-state index contributed by atoms with van der Waals surface area (Å²) in [6.45, 7) is 0.830. The average Bonchev–Trinajstić information content (AvgIpc) is 2.58. The van der Waals surface area contributed by atoms with Crippen molar-refractivity contribution in [1.82, 2.24) is 15.5 Å². The molecule has 0 aliphatic heterocycles. The van der Waals surface area contributed by atoms with Gasteiger partial charge in [0.2, 0.25) is 0 Å². The van der Waals surface area contributed by atoms with Crippen LogP contribution in [0.5, 0.6) is 5.75 Å². The largest absolute Gasteiger partial charge is 0.494 e. The number of halogens is 1. The summed E-state index contributed by atoms with van der Waals surface area (Å²) in [4.78, 5) is 13.9. The van der Waals surface area contributed by atoms with Gasteiger partial charge in [-0.1, -0.05) is 0 Å². The fourth-order valence-electron chi connectivity index (χ4n) is 1.96. The summed E-state index contributed by atoms with van der Waals surface area (Å²) in [5, 5.41) is 13.6. The third-order valence-corrected chi connectivity index (χ3v) is 3.29. The SMILES string of the molecule is COc1ccc(C(=O)NCCNc2cc(N(C)C)cnn2)cc1F. The minimum Gasteiger partial charge on any atom is -0.494 e. The van der Waals surface area contributed by atoms with Crippen LogP contribution in [0.2, 0.25) is 0 Å². The number of aromatic nitrogens is 2. The first kappa shape index (κ1) is 17.5. The van der Waals surface area contributed by atoms with Gasteiger partial charge in [-0.2, -0.15) is 5.10 Å². The van der Waals surface area contributed by atoms with Gasteiger partial charge in [0, 0.05) is 38.8 Å². The minimum absolute atomic E-state index is 0.104. The van der Waals surface area contributed by atoms with Gasteiger partial charge in [-0.15, -0.1) is 5.10 Å². The van der Waals surface area contributed by atoms with E-state index in [1.165, 1.54) is 19.2 Å². The van der Waals surface area contributed by atoms with Crippen LogP contribution < -0.4 is 20.3 Å². The zero-order valence-electron chi connectivity index (χ0n) is 13.8. The van der Waals surface area contributed by atoms with E-state index in [-0.39, 0.29) is 17.2 Å². The van der Waals surface area contributed by atoms with Crippen LogP contribution in [-0.4, -0.2) is 50.4 Å². The van der Waals surface area contributed by atoms with Crippen LogP contribution in [0.1, 0.15) is 10.4 Å². The van der Waals surface area contributed by atoms with Crippen molar-refractivity contribution in [3.63, 3.8) is 0 Å². The molecule has 2 N–H and O–H groups in total. The maximum Gasteiger partial charge on any atom is 0.251 e. The molecule has 0 saturated carbocycles. The Hall–Kier alpha value is -2.90. The molecule has 0 unspecified atom stereocenters. The van der Waals surface area contributed by atoms with Gasteiger partial charge < -0.3 is 20.3 Å². The van der Waals surface area contributed by atoms with Crippen LogP contribution in [-0.2, 0) is 0 Å². The smallest absolute Gasteiger partial charge is 0.251 e. The number of carbonyl (C=O) groups excluding carboxylic acids is 1. The van der Waals surface area contributed by atoms with Crippen LogP contribution in [0.15, 0.2) is 30.5 Å². The molecule has 1 heterocycles. The predicted molar refractivity (Wildman–Crippen MR) is 90.1 cm³/mol. The van der Waals surface area contributed by atoms with E-state index in [0.29, 0.717) is 18.9 Å². The van der Waals surface area contributed by atoms with Crippen LogP contribution in [0.25, 0.3) is 0 Å². The van der Waals surface area contributed by atoms with Gasteiger partial charge in [0.25, 0.3) is 5.91 Å². The van der Waals surface area contributed by atoms with Gasteiger partial charge in [0.05, 0.1) is 19.0 Å². The number of rotatable bonds is 7. The van der Waals surface area contributed by atoms with E-state index in [9.17, 15) is 9.18 Å². The number of hydrogen-bond acceptors (Lipinski definition) is 6. The Labute approximate surface area is 139 Å². The van der Waals surface area contributed by atoms with E-state index in [1.807, 2.05) is 25.1 Å². The zero-order valence-corrected chi connectivity index (χ0v) is 13.8. The molecule has 0 radical (unpaired) electrons. The van der Waals surface area contributed by atoms with Crippen LogP contribution in [0, 0.1) is 5.82 Å². The topological polar surface area (TPSA) is 79.4 Å². The molecule has 0 saturated heterocycles. The number of benzene rings is 1. The lowest BCUT2D eigenvalue weighted by Crippen LogP contribution is -2.29. The summed E-state index contributed by atoms with van der Waals surface area (Å²) in [7, 11) is 5.20. The van der Waals surface area contributed by atoms with Crippen molar-refractivity contribution < 1.29 is 13.9 Å². The summed E-state index contributed by atoms with van der Waals surface area (Å²) >= 11 is 0. The molecule has 0 fully saturated rings. The van der Waals surface area contributed by atoms with E-state index in [2.05, 4.69) is 20.8 Å². The highest BCUT2D eigenvalue weighted by Crippen LogP contribution is 2.17. The lowest BCUT2D eigenvalue weighted by Gasteiger charge is -2.13.